The van der Waals surface area contributed by atoms with Gasteiger partial charge < -0.3 is 10.4 Å². The minimum absolute atomic E-state index is 0.176. The molecule has 0 bridgehead atoms. The summed E-state index contributed by atoms with van der Waals surface area (Å²) in [5.41, 5.74) is 0.855. The second kappa shape index (κ2) is 7.25. The summed E-state index contributed by atoms with van der Waals surface area (Å²) >= 11 is 0. The highest BCUT2D eigenvalue weighted by molar-refractivity contribution is 5.87. The Kier molecular flexibility index (Phi) is 5.34. The van der Waals surface area contributed by atoms with Gasteiger partial charge in [0.1, 0.15) is 5.82 Å². The van der Waals surface area contributed by atoms with Crippen LogP contribution in [0.5, 0.6) is 0 Å². The number of aryl methyl sites for hydroxylation is 2. The Morgan fingerprint density at radius 1 is 1.12 bits per heavy atom. The molecular formula is C19H20FNO3. The molecule has 2 N–H and O–H groups in total. The highest BCUT2D eigenvalue weighted by Gasteiger charge is 2.36. The number of hydrogen-bond donors (Lipinski definition) is 2. The molecule has 1 atom stereocenters. The maximum atomic E-state index is 13.0. The minimum Gasteiger partial charge on any atom is -0.479 e. The van der Waals surface area contributed by atoms with E-state index >= 15 is 0 Å². The Balaban J connectivity index is 2.10. The summed E-state index contributed by atoms with van der Waals surface area (Å²) in [5.74, 6) is -2.02. The predicted octanol–water partition coefficient (Wildman–Crippen LogP) is 3.18. The van der Waals surface area contributed by atoms with Crippen molar-refractivity contribution >= 4 is 11.9 Å². The molecule has 0 aliphatic rings. The van der Waals surface area contributed by atoms with Gasteiger partial charge in [-0.1, -0.05) is 36.4 Å². The molecule has 126 valence electrons. The van der Waals surface area contributed by atoms with Crippen LogP contribution in [-0.4, -0.2) is 17.0 Å². The van der Waals surface area contributed by atoms with Crippen LogP contribution in [0.4, 0.5) is 4.39 Å². The van der Waals surface area contributed by atoms with Crippen molar-refractivity contribution < 1.29 is 19.1 Å². The van der Waals surface area contributed by atoms with Crippen LogP contribution in [0.1, 0.15) is 30.0 Å². The van der Waals surface area contributed by atoms with Gasteiger partial charge >= 0.3 is 5.97 Å². The Labute approximate surface area is 140 Å². The van der Waals surface area contributed by atoms with Gasteiger partial charge in [-0.3, -0.25) is 4.79 Å². The Bertz CT molecular complexity index is 743. The highest BCUT2D eigenvalue weighted by Crippen LogP contribution is 2.22. The fraction of sp³-hybridized carbons (Fsp3) is 0.263. The van der Waals surface area contributed by atoms with Crippen molar-refractivity contribution in [1.82, 2.24) is 5.32 Å². The summed E-state index contributed by atoms with van der Waals surface area (Å²) < 4.78 is 13.0. The Morgan fingerprint density at radius 3 is 2.33 bits per heavy atom. The number of carbonyl (C=O) groups is 2. The number of halogens is 1. The quantitative estimate of drug-likeness (QED) is 0.855. The van der Waals surface area contributed by atoms with E-state index in [9.17, 15) is 19.1 Å². The second-order valence-corrected chi connectivity index (χ2v) is 5.91. The molecule has 0 aromatic heterocycles. The van der Waals surface area contributed by atoms with Crippen molar-refractivity contribution in [2.24, 2.45) is 0 Å². The molecule has 0 spiro atoms. The lowest BCUT2D eigenvalue weighted by atomic mass is 9.91. The second-order valence-electron chi connectivity index (χ2n) is 5.91. The van der Waals surface area contributed by atoms with Crippen LogP contribution < -0.4 is 5.32 Å². The van der Waals surface area contributed by atoms with E-state index in [0.29, 0.717) is 12.0 Å². The molecule has 0 fully saturated rings. The Morgan fingerprint density at radius 2 is 1.75 bits per heavy atom. The summed E-state index contributed by atoms with van der Waals surface area (Å²) in [6, 6.07) is 12.8. The van der Waals surface area contributed by atoms with Crippen LogP contribution in [0.15, 0.2) is 48.5 Å². The van der Waals surface area contributed by atoms with Crippen molar-refractivity contribution in [3.05, 3.63) is 71.0 Å². The summed E-state index contributed by atoms with van der Waals surface area (Å²) in [6.07, 6.45) is 0.701. The van der Waals surface area contributed by atoms with Gasteiger partial charge in [0.25, 0.3) is 0 Å². The standard InChI is InChI=1S/C19H20FNO3/c1-13-5-3-4-6-14(13)7-12-17(22)21-19(2,18(23)24)15-8-10-16(20)11-9-15/h3-6,8-11H,7,12H2,1-2H3,(H,21,22)(H,23,24). The van der Waals surface area contributed by atoms with E-state index in [1.54, 1.807) is 0 Å². The van der Waals surface area contributed by atoms with Crippen LogP contribution in [0.2, 0.25) is 0 Å². The highest BCUT2D eigenvalue weighted by atomic mass is 19.1. The topological polar surface area (TPSA) is 66.4 Å². The minimum atomic E-state index is -1.60. The number of rotatable bonds is 6. The van der Waals surface area contributed by atoms with Gasteiger partial charge in [0.15, 0.2) is 5.54 Å². The first-order chi connectivity index (χ1) is 11.3. The molecule has 0 saturated carbocycles. The van der Waals surface area contributed by atoms with Crippen molar-refractivity contribution in [2.45, 2.75) is 32.2 Å². The molecule has 4 nitrogen and oxygen atoms in total. The van der Waals surface area contributed by atoms with E-state index in [0.717, 1.165) is 11.1 Å². The number of carboxylic acid groups (broad SMARTS) is 1. The van der Waals surface area contributed by atoms with E-state index in [-0.39, 0.29) is 12.3 Å². The van der Waals surface area contributed by atoms with Gasteiger partial charge in [-0.25, -0.2) is 9.18 Å². The predicted molar refractivity (Wildman–Crippen MR) is 89.0 cm³/mol. The maximum absolute atomic E-state index is 13.0. The van der Waals surface area contributed by atoms with E-state index in [2.05, 4.69) is 5.32 Å². The van der Waals surface area contributed by atoms with Crippen LogP contribution in [0.3, 0.4) is 0 Å². The molecule has 0 aliphatic heterocycles. The third-order valence-electron chi connectivity index (χ3n) is 4.12. The van der Waals surface area contributed by atoms with Gasteiger partial charge in [-0.05, 0) is 49.1 Å². The number of amides is 1. The molecule has 1 amide bonds. The van der Waals surface area contributed by atoms with Crippen molar-refractivity contribution in [3.8, 4) is 0 Å². The summed E-state index contributed by atoms with van der Waals surface area (Å²) in [4.78, 5) is 23.9. The van der Waals surface area contributed by atoms with E-state index in [1.807, 2.05) is 31.2 Å². The Hall–Kier alpha value is -2.69. The fourth-order valence-corrected chi connectivity index (χ4v) is 2.51. The van der Waals surface area contributed by atoms with Gasteiger partial charge in [-0.15, -0.1) is 0 Å². The zero-order valence-electron chi connectivity index (χ0n) is 13.7. The monoisotopic (exact) mass is 329 g/mol. The number of carbonyl (C=O) groups excluding carboxylic acids is 1. The summed E-state index contributed by atoms with van der Waals surface area (Å²) in [7, 11) is 0. The molecule has 2 aromatic rings. The van der Waals surface area contributed by atoms with Gasteiger partial charge in [0, 0.05) is 6.42 Å². The molecule has 0 aliphatic carbocycles. The number of nitrogens with one attached hydrogen (secondary N) is 1. The van der Waals surface area contributed by atoms with Crippen LogP contribution in [-0.2, 0) is 21.5 Å². The van der Waals surface area contributed by atoms with Gasteiger partial charge in [0.2, 0.25) is 5.91 Å². The smallest absolute Gasteiger partial charge is 0.333 e. The van der Waals surface area contributed by atoms with E-state index in [1.165, 1.54) is 31.2 Å². The molecular weight excluding hydrogens is 309 g/mol. The lowest BCUT2D eigenvalue weighted by Gasteiger charge is -2.27. The van der Waals surface area contributed by atoms with Gasteiger partial charge in [0.05, 0.1) is 0 Å². The lowest BCUT2D eigenvalue weighted by Crippen LogP contribution is -2.49. The average Bonchev–Trinajstić information content (AvgIpc) is 2.54. The SMILES string of the molecule is Cc1ccccc1CCC(=O)NC(C)(C(=O)O)c1ccc(F)cc1. The van der Waals surface area contributed by atoms with Crippen molar-refractivity contribution in [3.63, 3.8) is 0 Å². The molecule has 2 rings (SSSR count). The molecule has 24 heavy (non-hydrogen) atoms. The van der Waals surface area contributed by atoms with Crippen molar-refractivity contribution in [2.75, 3.05) is 0 Å². The third-order valence-corrected chi connectivity index (χ3v) is 4.12. The van der Waals surface area contributed by atoms with Gasteiger partial charge in [-0.2, -0.15) is 0 Å². The van der Waals surface area contributed by atoms with Crippen LogP contribution >= 0.6 is 0 Å². The first kappa shape index (κ1) is 17.7. The van der Waals surface area contributed by atoms with Crippen molar-refractivity contribution in [1.29, 1.82) is 0 Å². The number of carboxylic acids is 1. The zero-order valence-corrected chi connectivity index (χ0v) is 13.7. The van der Waals surface area contributed by atoms with E-state index in [4.69, 9.17) is 0 Å². The first-order valence-electron chi connectivity index (χ1n) is 7.68. The first-order valence-corrected chi connectivity index (χ1v) is 7.68. The molecule has 0 heterocycles. The third kappa shape index (κ3) is 3.98. The summed E-state index contributed by atoms with van der Waals surface area (Å²) in [6.45, 7) is 3.36. The molecule has 1 unspecified atom stereocenters. The number of benzene rings is 2. The zero-order chi connectivity index (χ0) is 17.7. The maximum Gasteiger partial charge on any atom is 0.333 e. The average molecular weight is 329 g/mol. The molecule has 5 heteroatoms. The molecule has 0 saturated heterocycles. The van der Waals surface area contributed by atoms with E-state index < -0.39 is 17.3 Å². The lowest BCUT2D eigenvalue weighted by molar-refractivity contribution is -0.147. The number of hydrogen-bond acceptors (Lipinski definition) is 2. The largest absolute Gasteiger partial charge is 0.479 e. The normalized spacial score (nSPS) is 13.1. The fourth-order valence-electron chi connectivity index (χ4n) is 2.51. The number of aliphatic carboxylic acids is 1. The molecule has 2 aromatic carbocycles. The summed E-state index contributed by atoms with van der Waals surface area (Å²) in [5, 5.41) is 12.1. The van der Waals surface area contributed by atoms with Crippen LogP contribution in [0, 0.1) is 12.7 Å². The molecule has 0 radical (unpaired) electrons. The van der Waals surface area contributed by atoms with Crippen LogP contribution in [0.25, 0.3) is 0 Å².